The van der Waals surface area contributed by atoms with E-state index in [0.717, 1.165) is 31.5 Å². The van der Waals surface area contributed by atoms with Gasteiger partial charge in [-0.05, 0) is 56.5 Å². The molecule has 4 nitrogen and oxygen atoms in total. The van der Waals surface area contributed by atoms with Crippen molar-refractivity contribution in [3.8, 4) is 0 Å². The number of halogens is 1. The number of hydrogen-bond acceptors (Lipinski definition) is 3. The number of β-amino-alcohol motifs (C(OH)–C–C–N with tert-alkyl or cyclic N) is 1. The lowest BCUT2D eigenvalue weighted by molar-refractivity contribution is -0.133. The number of carbonyl (C=O) groups excluding carboxylic acids is 1. The predicted molar refractivity (Wildman–Crippen MR) is 94.2 cm³/mol. The van der Waals surface area contributed by atoms with Crippen LogP contribution in [0.2, 0.25) is 5.02 Å². The standard InChI is InChI=1S/C19H25ClN2O2/c20-15-6-4-14(5-7-15)19(8-9-19)18(24)22-12-16(17(23)13-22)21-10-2-1-3-11-21/h4-7,16-17,23H,1-3,8-13H2/t16-,17-/m1/s1. The number of amides is 1. The average molecular weight is 349 g/mol. The Bertz CT molecular complexity index is 608. The molecule has 1 aromatic rings. The van der Waals surface area contributed by atoms with Gasteiger partial charge in [-0.25, -0.2) is 0 Å². The molecule has 3 aliphatic rings. The molecule has 2 saturated heterocycles. The fourth-order valence-electron chi connectivity index (χ4n) is 4.37. The molecule has 1 amide bonds. The van der Waals surface area contributed by atoms with Gasteiger partial charge >= 0.3 is 0 Å². The van der Waals surface area contributed by atoms with Crippen molar-refractivity contribution in [2.75, 3.05) is 26.2 Å². The first-order valence-electron chi connectivity index (χ1n) is 9.08. The molecule has 1 N–H and O–H groups in total. The van der Waals surface area contributed by atoms with Crippen LogP contribution in [0.25, 0.3) is 0 Å². The molecule has 1 aromatic carbocycles. The van der Waals surface area contributed by atoms with E-state index in [1.165, 1.54) is 19.3 Å². The van der Waals surface area contributed by atoms with E-state index >= 15 is 0 Å². The van der Waals surface area contributed by atoms with Crippen molar-refractivity contribution in [3.63, 3.8) is 0 Å². The molecule has 130 valence electrons. The van der Waals surface area contributed by atoms with Crippen LogP contribution in [-0.4, -0.2) is 59.1 Å². The van der Waals surface area contributed by atoms with Gasteiger partial charge in [0.25, 0.3) is 0 Å². The molecular formula is C19H25ClN2O2. The number of likely N-dealkylation sites (tertiary alicyclic amines) is 2. The van der Waals surface area contributed by atoms with Gasteiger partial charge in [0.05, 0.1) is 17.6 Å². The van der Waals surface area contributed by atoms with Crippen molar-refractivity contribution in [2.24, 2.45) is 0 Å². The van der Waals surface area contributed by atoms with Crippen molar-refractivity contribution in [2.45, 2.75) is 49.7 Å². The predicted octanol–water partition coefficient (Wildman–Crippen LogP) is 2.43. The summed E-state index contributed by atoms with van der Waals surface area (Å²) < 4.78 is 0. The van der Waals surface area contributed by atoms with Crippen molar-refractivity contribution in [1.29, 1.82) is 0 Å². The summed E-state index contributed by atoms with van der Waals surface area (Å²) in [5, 5.41) is 11.2. The Morgan fingerprint density at radius 3 is 2.38 bits per heavy atom. The van der Waals surface area contributed by atoms with Gasteiger partial charge in [-0.1, -0.05) is 30.2 Å². The fraction of sp³-hybridized carbons (Fsp3) is 0.632. The zero-order chi connectivity index (χ0) is 16.7. The van der Waals surface area contributed by atoms with Crippen LogP contribution in [0.4, 0.5) is 0 Å². The highest BCUT2D eigenvalue weighted by Gasteiger charge is 2.54. The molecule has 5 heteroatoms. The summed E-state index contributed by atoms with van der Waals surface area (Å²) >= 11 is 5.98. The van der Waals surface area contributed by atoms with Crippen LogP contribution < -0.4 is 0 Å². The van der Waals surface area contributed by atoms with Crippen LogP contribution in [0.1, 0.15) is 37.7 Å². The lowest BCUT2D eigenvalue weighted by atomic mass is 9.94. The highest BCUT2D eigenvalue weighted by atomic mass is 35.5. The summed E-state index contributed by atoms with van der Waals surface area (Å²) in [4.78, 5) is 17.4. The molecular weight excluding hydrogens is 324 g/mol. The summed E-state index contributed by atoms with van der Waals surface area (Å²) in [6, 6.07) is 7.78. The third-order valence-electron chi connectivity index (χ3n) is 5.96. The van der Waals surface area contributed by atoms with Crippen molar-refractivity contribution < 1.29 is 9.90 Å². The lowest BCUT2D eigenvalue weighted by Gasteiger charge is -2.33. The molecule has 0 bridgehead atoms. The number of rotatable bonds is 3. The first kappa shape index (κ1) is 16.4. The summed E-state index contributed by atoms with van der Waals surface area (Å²) in [5.41, 5.74) is 0.689. The van der Waals surface area contributed by atoms with Gasteiger partial charge in [0, 0.05) is 18.1 Å². The second kappa shape index (κ2) is 6.32. The minimum absolute atomic E-state index is 0.107. The number of piperidine rings is 1. The molecule has 0 radical (unpaired) electrons. The molecule has 4 rings (SSSR count). The smallest absolute Gasteiger partial charge is 0.233 e. The largest absolute Gasteiger partial charge is 0.390 e. The first-order chi connectivity index (χ1) is 11.6. The molecule has 0 aromatic heterocycles. The Morgan fingerprint density at radius 1 is 1.08 bits per heavy atom. The normalized spacial score (nSPS) is 29.7. The Balaban J connectivity index is 1.48. The van der Waals surface area contributed by atoms with Crippen LogP contribution in [-0.2, 0) is 10.2 Å². The van der Waals surface area contributed by atoms with Gasteiger partial charge in [-0.15, -0.1) is 0 Å². The first-order valence-corrected chi connectivity index (χ1v) is 9.45. The van der Waals surface area contributed by atoms with E-state index in [1.54, 1.807) is 0 Å². The molecule has 2 atom stereocenters. The quantitative estimate of drug-likeness (QED) is 0.912. The maximum atomic E-state index is 13.2. The second-order valence-electron chi connectivity index (χ2n) is 7.53. The van der Waals surface area contributed by atoms with Gasteiger partial charge in [-0.3, -0.25) is 9.69 Å². The maximum absolute atomic E-state index is 13.2. The Hall–Kier alpha value is -1.10. The lowest BCUT2D eigenvalue weighted by Crippen LogP contribution is -2.46. The topological polar surface area (TPSA) is 43.8 Å². The van der Waals surface area contributed by atoms with Gasteiger partial charge in [0.1, 0.15) is 0 Å². The fourth-order valence-corrected chi connectivity index (χ4v) is 4.49. The number of hydrogen-bond donors (Lipinski definition) is 1. The summed E-state index contributed by atoms with van der Waals surface area (Å²) in [6.45, 7) is 3.23. The highest BCUT2D eigenvalue weighted by Crippen LogP contribution is 2.50. The minimum atomic E-state index is -0.423. The molecule has 1 saturated carbocycles. The number of aliphatic hydroxyl groups is 1. The maximum Gasteiger partial charge on any atom is 0.233 e. The Kier molecular flexibility index (Phi) is 4.31. The second-order valence-corrected chi connectivity index (χ2v) is 7.97. The number of carbonyl (C=O) groups is 1. The SMILES string of the molecule is O=C(N1C[C@@H](O)[C@H](N2CCCCC2)C1)C1(c2ccc(Cl)cc2)CC1. The van der Waals surface area contributed by atoms with Gasteiger partial charge in [-0.2, -0.15) is 0 Å². The van der Waals surface area contributed by atoms with E-state index < -0.39 is 6.10 Å². The van der Waals surface area contributed by atoms with Crippen LogP contribution in [0.5, 0.6) is 0 Å². The highest BCUT2D eigenvalue weighted by molar-refractivity contribution is 6.30. The summed E-state index contributed by atoms with van der Waals surface area (Å²) in [5.74, 6) is 0.184. The average Bonchev–Trinajstić information content (AvgIpc) is 3.32. The zero-order valence-corrected chi connectivity index (χ0v) is 14.7. The van der Waals surface area contributed by atoms with Gasteiger partial charge in [0.2, 0.25) is 5.91 Å². The number of nitrogens with zero attached hydrogens (tertiary/aromatic N) is 2. The molecule has 2 aliphatic heterocycles. The van der Waals surface area contributed by atoms with E-state index in [2.05, 4.69) is 4.90 Å². The van der Waals surface area contributed by atoms with Crippen LogP contribution >= 0.6 is 11.6 Å². The van der Waals surface area contributed by atoms with E-state index in [9.17, 15) is 9.90 Å². The third kappa shape index (κ3) is 2.85. The van der Waals surface area contributed by atoms with Crippen LogP contribution in [0.15, 0.2) is 24.3 Å². The molecule has 1 aliphatic carbocycles. The summed E-state index contributed by atoms with van der Waals surface area (Å²) in [7, 11) is 0. The van der Waals surface area contributed by atoms with E-state index in [-0.39, 0.29) is 17.4 Å². The third-order valence-corrected chi connectivity index (χ3v) is 6.21. The number of aliphatic hydroxyl groups excluding tert-OH is 1. The van der Waals surface area contributed by atoms with Gasteiger partial charge < -0.3 is 10.0 Å². The Labute approximate surface area is 148 Å². The van der Waals surface area contributed by atoms with E-state index in [0.29, 0.717) is 18.1 Å². The molecule has 0 unspecified atom stereocenters. The molecule has 24 heavy (non-hydrogen) atoms. The van der Waals surface area contributed by atoms with Crippen molar-refractivity contribution in [1.82, 2.24) is 9.80 Å². The van der Waals surface area contributed by atoms with E-state index in [4.69, 9.17) is 11.6 Å². The molecule has 0 spiro atoms. The van der Waals surface area contributed by atoms with Crippen LogP contribution in [0.3, 0.4) is 0 Å². The monoisotopic (exact) mass is 348 g/mol. The van der Waals surface area contributed by atoms with Gasteiger partial charge in [0.15, 0.2) is 0 Å². The molecule has 3 fully saturated rings. The van der Waals surface area contributed by atoms with E-state index in [1.807, 2.05) is 29.2 Å². The van der Waals surface area contributed by atoms with Crippen molar-refractivity contribution in [3.05, 3.63) is 34.9 Å². The number of benzene rings is 1. The Morgan fingerprint density at radius 2 is 1.75 bits per heavy atom. The van der Waals surface area contributed by atoms with Crippen molar-refractivity contribution >= 4 is 17.5 Å². The minimum Gasteiger partial charge on any atom is -0.390 e. The molecule has 2 heterocycles. The van der Waals surface area contributed by atoms with Crippen LogP contribution in [0, 0.1) is 0 Å². The summed E-state index contributed by atoms with van der Waals surface area (Å²) in [6.07, 6.45) is 5.05. The zero-order valence-electron chi connectivity index (χ0n) is 14.0.